The van der Waals surface area contributed by atoms with Gasteiger partial charge >= 0.3 is 0 Å². The molecule has 1 aromatic heterocycles. The maximum absolute atomic E-state index is 13.0. The van der Waals surface area contributed by atoms with E-state index in [1.165, 1.54) is 12.1 Å². The molecule has 4 rings (SSSR count). The summed E-state index contributed by atoms with van der Waals surface area (Å²) < 4.78 is 18.3. The summed E-state index contributed by atoms with van der Waals surface area (Å²) in [7, 11) is 0. The molecule has 1 atom stereocenters. The number of nitrogens with zero attached hydrogens (tertiary/aromatic N) is 3. The fourth-order valence-electron chi connectivity index (χ4n) is 3.04. The largest absolute Gasteiger partial charge is 0.338 e. The zero-order valence-corrected chi connectivity index (χ0v) is 14.5. The van der Waals surface area contributed by atoms with Gasteiger partial charge in [-0.2, -0.15) is 4.98 Å². The second-order valence-electron chi connectivity index (χ2n) is 6.23. The summed E-state index contributed by atoms with van der Waals surface area (Å²) in [6, 6.07) is 13.3. The molecular weight excluding hydrogens is 357 g/mol. The van der Waals surface area contributed by atoms with Gasteiger partial charge in [0.2, 0.25) is 5.91 Å². The minimum absolute atomic E-state index is 0.0306. The molecule has 1 aliphatic rings. The van der Waals surface area contributed by atoms with Crippen LogP contribution in [0.25, 0.3) is 11.5 Å². The van der Waals surface area contributed by atoms with Crippen molar-refractivity contribution in [2.45, 2.75) is 18.9 Å². The van der Waals surface area contributed by atoms with E-state index in [-0.39, 0.29) is 17.6 Å². The van der Waals surface area contributed by atoms with Crippen molar-refractivity contribution in [2.75, 3.05) is 6.54 Å². The molecule has 2 heterocycles. The molecule has 26 heavy (non-hydrogen) atoms. The Morgan fingerprint density at radius 2 is 1.96 bits per heavy atom. The molecular formula is C19H15ClFN3O2. The molecule has 2 aromatic carbocycles. The van der Waals surface area contributed by atoms with Crippen LogP contribution in [0.4, 0.5) is 4.39 Å². The minimum Gasteiger partial charge on any atom is -0.338 e. The Bertz CT molecular complexity index is 942. The predicted molar refractivity (Wildman–Crippen MR) is 93.9 cm³/mol. The molecule has 0 saturated carbocycles. The van der Waals surface area contributed by atoms with Gasteiger partial charge in [0.1, 0.15) is 5.82 Å². The zero-order valence-electron chi connectivity index (χ0n) is 13.7. The fraction of sp³-hybridized carbons (Fsp3) is 0.211. The van der Waals surface area contributed by atoms with Crippen molar-refractivity contribution < 1.29 is 13.7 Å². The van der Waals surface area contributed by atoms with Crippen LogP contribution >= 0.6 is 11.6 Å². The molecule has 1 saturated heterocycles. The summed E-state index contributed by atoms with van der Waals surface area (Å²) in [6.07, 6.45) is 0.326. The Balaban J connectivity index is 1.49. The Morgan fingerprint density at radius 3 is 2.73 bits per heavy atom. The molecule has 0 bridgehead atoms. The van der Waals surface area contributed by atoms with E-state index in [1.807, 2.05) is 24.3 Å². The number of amides is 1. The number of hydrogen-bond acceptors (Lipinski definition) is 4. The lowest BCUT2D eigenvalue weighted by Gasteiger charge is -2.16. The summed E-state index contributed by atoms with van der Waals surface area (Å²) in [5, 5.41) is 4.65. The van der Waals surface area contributed by atoms with Crippen molar-refractivity contribution in [2.24, 2.45) is 0 Å². The van der Waals surface area contributed by atoms with Crippen LogP contribution in [0.15, 0.2) is 53.1 Å². The number of hydrogen-bond donors (Lipinski definition) is 0. The van der Waals surface area contributed by atoms with Crippen molar-refractivity contribution in [1.82, 2.24) is 15.0 Å². The van der Waals surface area contributed by atoms with Crippen LogP contribution in [0.3, 0.4) is 0 Å². The highest BCUT2D eigenvalue weighted by atomic mass is 35.5. The van der Waals surface area contributed by atoms with Gasteiger partial charge in [-0.05, 0) is 35.9 Å². The molecule has 1 unspecified atom stereocenters. The highest BCUT2D eigenvalue weighted by Crippen LogP contribution is 2.30. The molecule has 1 amide bonds. The van der Waals surface area contributed by atoms with Crippen molar-refractivity contribution in [3.63, 3.8) is 0 Å². The van der Waals surface area contributed by atoms with Gasteiger partial charge < -0.3 is 9.42 Å². The Morgan fingerprint density at radius 1 is 1.19 bits per heavy atom. The molecule has 1 aliphatic heterocycles. The molecule has 5 nitrogen and oxygen atoms in total. The van der Waals surface area contributed by atoms with E-state index < -0.39 is 0 Å². The standard InChI is InChI=1S/C19H15ClFN3O2/c20-16-4-2-1-3-13(16)10-24-11-14(9-17(24)25)18-22-19(26-23-18)12-5-7-15(21)8-6-12/h1-8,14H,9-11H2. The predicted octanol–water partition coefficient (Wildman–Crippen LogP) is 4.05. The molecule has 132 valence electrons. The third-order valence-electron chi connectivity index (χ3n) is 4.43. The molecule has 0 radical (unpaired) electrons. The number of benzene rings is 2. The SMILES string of the molecule is O=C1CC(c2noc(-c3ccc(F)cc3)n2)CN1Cc1ccccc1Cl. The van der Waals surface area contributed by atoms with Crippen LogP contribution in [0.1, 0.15) is 23.7 Å². The number of likely N-dealkylation sites (tertiary alicyclic amines) is 1. The fourth-order valence-corrected chi connectivity index (χ4v) is 3.24. The maximum atomic E-state index is 13.0. The van der Waals surface area contributed by atoms with Gasteiger partial charge in [-0.15, -0.1) is 0 Å². The lowest BCUT2D eigenvalue weighted by Crippen LogP contribution is -2.24. The number of halogens is 2. The summed E-state index contributed by atoms with van der Waals surface area (Å²) in [4.78, 5) is 18.5. The summed E-state index contributed by atoms with van der Waals surface area (Å²) in [5.74, 6) is 0.368. The molecule has 3 aromatic rings. The van der Waals surface area contributed by atoms with Gasteiger partial charge in [-0.3, -0.25) is 4.79 Å². The second-order valence-corrected chi connectivity index (χ2v) is 6.64. The van der Waals surface area contributed by atoms with E-state index in [0.29, 0.717) is 41.8 Å². The number of rotatable bonds is 4. The Hall–Kier alpha value is -2.73. The molecule has 7 heteroatoms. The minimum atomic E-state index is -0.329. The van der Waals surface area contributed by atoms with Crippen LogP contribution in [-0.4, -0.2) is 27.5 Å². The first kappa shape index (κ1) is 16.7. The summed E-state index contributed by atoms with van der Waals surface area (Å²) in [6.45, 7) is 0.962. The van der Waals surface area contributed by atoms with Gasteiger partial charge in [0.25, 0.3) is 5.89 Å². The molecule has 0 N–H and O–H groups in total. The maximum Gasteiger partial charge on any atom is 0.257 e. The third-order valence-corrected chi connectivity index (χ3v) is 4.80. The van der Waals surface area contributed by atoms with E-state index in [4.69, 9.17) is 16.1 Å². The first-order valence-corrected chi connectivity index (χ1v) is 8.58. The first-order valence-electron chi connectivity index (χ1n) is 8.21. The first-order chi connectivity index (χ1) is 12.6. The van der Waals surface area contributed by atoms with Crippen LogP contribution in [0.2, 0.25) is 5.02 Å². The van der Waals surface area contributed by atoms with E-state index in [9.17, 15) is 9.18 Å². The zero-order chi connectivity index (χ0) is 18.1. The lowest BCUT2D eigenvalue weighted by atomic mass is 10.1. The smallest absolute Gasteiger partial charge is 0.257 e. The van der Waals surface area contributed by atoms with Gasteiger partial charge in [-0.25, -0.2) is 4.39 Å². The van der Waals surface area contributed by atoms with Crippen molar-refractivity contribution >= 4 is 17.5 Å². The van der Waals surface area contributed by atoms with E-state index >= 15 is 0 Å². The second kappa shape index (κ2) is 6.88. The van der Waals surface area contributed by atoms with E-state index in [2.05, 4.69) is 10.1 Å². The molecule has 0 spiro atoms. The monoisotopic (exact) mass is 371 g/mol. The van der Waals surface area contributed by atoms with Crippen molar-refractivity contribution in [1.29, 1.82) is 0 Å². The average molecular weight is 372 g/mol. The van der Waals surface area contributed by atoms with E-state index in [0.717, 1.165) is 5.56 Å². The van der Waals surface area contributed by atoms with Crippen molar-refractivity contribution in [3.05, 3.63) is 70.8 Å². The average Bonchev–Trinajstić information content (AvgIpc) is 3.25. The van der Waals surface area contributed by atoms with Crippen molar-refractivity contribution in [3.8, 4) is 11.5 Å². The highest BCUT2D eigenvalue weighted by molar-refractivity contribution is 6.31. The highest BCUT2D eigenvalue weighted by Gasteiger charge is 2.34. The van der Waals surface area contributed by atoms with Crippen LogP contribution in [0.5, 0.6) is 0 Å². The van der Waals surface area contributed by atoms with Gasteiger partial charge in [-0.1, -0.05) is 35.0 Å². The van der Waals surface area contributed by atoms with Crippen LogP contribution in [0, 0.1) is 5.82 Å². The Kier molecular flexibility index (Phi) is 4.42. The molecule has 1 fully saturated rings. The lowest BCUT2D eigenvalue weighted by molar-refractivity contribution is -0.128. The number of aromatic nitrogens is 2. The Labute approximate surface area is 154 Å². The van der Waals surface area contributed by atoms with E-state index in [1.54, 1.807) is 17.0 Å². The number of carbonyl (C=O) groups excluding carboxylic acids is 1. The normalized spacial score (nSPS) is 17.1. The summed E-state index contributed by atoms with van der Waals surface area (Å²) >= 11 is 6.18. The van der Waals surface area contributed by atoms with Crippen LogP contribution in [-0.2, 0) is 11.3 Å². The van der Waals surface area contributed by atoms with Gasteiger partial charge in [0.15, 0.2) is 5.82 Å². The molecule has 0 aliphatic carbocycles. The quantitative estimate of drug-likeness (QED) is 0.694. The summed E-state index contributed by atoms with van der Waals surface area (Å²) in [5.41, 5.74) is 1.55. The number of carbonyl (C=O) groups is 1. The van der Waals surface area contributed by atoms with Crippen LogP contribution < -0.4 is 0 Å². The van der Waals surface area contributed by atoms with Gasteiger partial charge in [0, 0.05) is 36.0 Å². The third kappa shape index (κ3) is 3.32. The topological polar surface area (TPSA) is 59.2 Å². The van der Waals surface area contributed by atoms with Gasteiger partial charge in [0.05, 0.1) is 0 Å².